The van der Waals surface area contributed by atoms with Crippen LogP contribution in [0, 0.1) is 6.92 Å². The minimum Gasteiger partial charge on any atom is -0.423 e. The first-order valence-electron chi connectivity index (χ1n) is 6.45. The summed E-state index contributed by atoms with van der Waals surface area (Å²) in [4.78, 5) is 2.48. The van der Waals surface area contributed by atoms with Crippen molar-refractivity contribution in [3.05, 3.63) is 36.8 Å². The van der Waals surface area contributed by atoms with E-state index in [-0.39, 0.29) is 18.9 Å². The molecule has 2 heteroatoms. The molecule has 0 radical (unpaired) electrons. The summed E-state index contributed by atoms with van der Waals surface area (Å²) in [6.07, 6.45) is 5.03. The molecule has 0 aliphatic heterocycles. The fourth-order valence-corrected chi connectivity index (χ4v) is 1.87. The second kappa shape index (κ2) is 9.51. The van der Waals surface area contributed by atoms with Gasteiger partial charge in [-0.15, -0.1) is 6.07 Å². The number of rotatable bonds is 7. The molecule has 0 aliphatic carbocycles. The van der Waals surface area contributed by atoms with Gasteiger partial charge in [0.05, 0.1) is 0 Å². The number of unbranched alkanes of at least 4 members (excludes halogenated alkanes) is 2. The summed E-state index contributed by atoms with van der Waals surface area (Å²) < 4.78 is 0. The normalized spacial score (nSPS) is 9.76. The molecule has 1 rings (SSSR count). The summed E-state index contributed by atoms with van der Waals surface area (Å²) >= 11 is 0. The summed E-state index contributed by atoms with van der Waals surface area (Å²) in [6, 6.07) is 8.45. The van der Waals surface area contributed by atoms with Crippen molar-refractivity contribution in [3.63, 3.8) is 0 Å². The Morgan fingerprint density at radius 1 is 1.00 bits per heavy atom. The van der Waals surface area contributed by atoms with Gasteiger partial charge in [0.25, 0.3) is 0 Å². The van der Waals surface area contributed by atoms with Crippen molar-refractivity contribution in [1.82, 2.24) is 0 Å². The largest absolute Gasteiger partial charge is 1.00 e. The number of para-hydroxylation sites is 1. The maximum atomic E-state index is 4.12. The quantitative estimate of drug-likeness (QED) is 0.499. The van der Waals surface area contributed by atoms with Crippen molar-refractivity contribution >= 4 is 5.69 Å². The van der Waals surface area contributed by atoms with Gasteiger partial charge in [0.2, 0.25) is 0 Å². The van der Waals surface area contributed by atoms with Crippen molar-refractivity contribution in [3.8, 4) is 0 Å². The van der Waals surface area contributed by atoms with Crippen LogP contribution >= 0.6 is 0 Å². The molecule has 0 amide bonds. The van der Waals surface area contributed by atoms with Gasteiger partial charge >= 0.3 is 18.9 Å². The van der Waals surface area contributed by atoms with E-state index in [1.165, 1.54) is 31.4 Å². The Hall–Kier alpha value is -0.513. The van der Waals surface area contributed by atoms with Crippen LogP contribution in [-0.4, -0.2) is 13.1 Å². The summed E-state index contributed by atoms with van der Waals surface area (Å²) in [6.45, 7) is 10.9. The van der Waals surface area contributed by atoms with Crippen LogP contribution in [0.5, 0.6) is 0 Å². The van der Waals surface area contributed by atoms with Gasteiger partial charge in [0.15, 0.2) is 0 Å². The first kappa shape index (κ1) is 16.5. The molecule has 0 N–H and O–H groups in total. The minimum absolute atomic E-state index is 0. The zero-order valence-corrected chi connectivity index (χ0v) is 11.7. The summed E-state index contributed by atoms with van der Waals surface area (Å²) in [5.41, 5.74) is 2.46. The first-order chi connectivity index (χ1) is 7.79. The molecule has 0 atom stereocenters. The van der Waals surface area contributed by atoms with Crippen molar-refractivity contribution in [2.75, 3.05) is 18.0 Å². The summed E-state index contributed by atoms with van der Waals surface area (Å²) in [7, 11) is 0. The average Bonchev–Trinajstić information content (AvgIpc) is 2.31. The second-order valence-corrected chi connectivity index (χ2v) is 4.32. The van der Waals surface area contributed by atoms with E-state index >= 15 is 0 Å². The third-order valence-electron chi connectivity index (χ3n) is 2.90. The van der Waals surface area contributed by atoms with Crippen LogP contribution in [-0.2, 0) is 0 Å². The van der Waals surface area contributed by atoms with Crippen LogP contribution in [0.4, 0.5) is 5.69 Å². The maximum Gasteiger partial charge on any atom is 1.00 e. The van der Waals surface area contributed by atoms with Gasteiger partial charge < -0.3 is 4.90 Å². The molecule has 17 heavy (non-hydrogen) atoms. The van der Waals surface area contributed by atoms with E-state index in [1.807, 2.05) is 0 Å². The van der Waals surface area contributed by atoms with E-state index in [0.717, 1.165) is 18.7 Å². The zero-order chi connectivity index (χ0) is 11.8. The number of nitrogens with zero attached hydrogens (tertiary/aromatic N) is 1. The second-order valence-electron chi connectivity index (χ2n) is 4.32. The average molecular weight is 225 g/mol. The Bertz CT molecular complexity index is 291. The van der Waals surface area contributed by atoms with E-state index in [4.69, 9.17) is 0 Å². The van der Waals surface area contributed by atoms with Gasteiger partial charge in [-0.1, -0.05) is 44.5 Å². The predicted molar refractivity (Wildman–Crippen MR) is 72.9 cm³/mol. The Labute approximate surface area is 119 Å². The van der Waals surface area contributed by atoms with Crippen LogP contribution in [0.3, 0.4) is 0 Å². The SMILES string of the molecule is [CH2-]c1ccccc1N(CCCC)CCCC.[Li+]. The van der Waals surface area contributed by atoms with Crippen molar-refractivity contribution in [2.24, 2.45) is 0 Å². The topological polar surface area (TPSA) is 3.24 Å². The molecule has 0 heterocycles. The van der Waals surface area contributed by atoms with E-state index in [2.05, 4.69) is 49.9 Å². The van der Waals surface area contributed by atoms with E-state index in [9.17, 15) is 0 Å². The zero-order valence-electron chi connectivity index (χ0n) is 11.7. The van der Waals surface area contributed by atoms with E-state index in [1.54, 1.807) is 0 Å². The summed E-state index contributed by atoms with van der Waals surface area (Å²) in [5, 5.41) is 0. The molecule has 0 saturated carbocycles. The molecule has 0 saturated heterocycles. The molecule has 1 nitrogen and oxygen atoms in total. The Balaban J connectivity index is 0.00000256. The smallest absolute Gasteiger partial charge is 0.423 e. The van der Waals surface area contributed by atoms with Crippen molar-refractivity contribution < 1.29 is 18.9 Å². The van der Waals surface area contributed by atoms with Crippen LogP contribution in [0.15, 0.2) is 24.3 Å². The Morgan fingerprint density at radius 2 is 1.53 bits per heavy atom. The van der Waals surface area contributed by atoms with Gasteiger partial charge in [-0.3, -0.25) is 0 Å². The fraction of sp³-hybridized carbons (Fsp3) is 0.533. The van der Waals surface area contributed by atoms with Crippen molar-refractivity contribution in [1.29, 1.82) is 0 Å². The number of hydrogen-bond donors (Lipinski definition) is 0. The van der Waals surface area contributed by atoms with Gasteiger partial charge in [-0.2, -0.15) is 18.6 Å². The number of benzene rings is 1. The van der Waals surface area contributed by atoms with E-state index in [0.29, 0.717) is 0 Å². The Morgan fingerprint density at radius 3 is 2.00 bits per heavy atom. The first-order valence-corrected chi connectivity index (χ1v) is 6.45. The number of hydrogen-bond acceptors (Lipinski definition) is 1. The van der Waals surface area contributed by atoms with Crippen LogP contribution in [0.2, 0.25) is 0 Å². The Kier molecular flexibility index (Phi) is 9.22. The molecule has 0 unspecified atom stereocenters. The molecule has 0 aromatic heterocycles. The minimum atomic E-state index is 0. The van der Waals surface area contributed by atoms with Gasteiger partial charge in [0, 0.05) is 13.1 Å². The number of anilines is 1. The molecule has 0 aliphatic rings. The standard InChI is InChI=1S/C15H24N.Li/c1-4-6-12-16(13-7-5-2)15-11-9-8-10-14(15)3;/h8-11H,3-7,12-13H2,1-2H3;/q-1;+1. The molecule has 0 spiro atoms. The molecular formula is C15H24LiN. The molecule has 1 aromatic rings. The fourth-order valence-electron chi connectivity index (χ4n) is 1.87. The monoisotopic (exact) mass is 225 g/mol. The van der Waals surface area contributed by atoms with Crippen LogP contribution in [0.25, 0.3) is 0 Å². The summed E-state index contributed by atoms with van der Waals surface area (Å²) in [5.74, 6) is 0. The van der Waals surface area contributed by atoms with E-state index < -0.39 is 0 Å². The molecular weight excluding hydrogens is 201 g/mol. The molecule has 90 valence electrons. The van der Waals surface area contributed by atoms with Gasteiger partial charge in [-0.25, -0.2) is 0 Å². The van der Waals surface area contributed by atoms with Gasteiger partial charge in [0.1, 0.15) is 0 Å². The van der Waals surface area contributed by atoms with Crippen LogP contribution < -0.4 is 23.8 Å². The maximum absolute atomic E-state index is 4.12. The third-order valence-corrected chi connectivity index (χ3v) is 2.90. The molecule has 0 fully saturated rings. The molecule has 1 aromatic carbocycles. The third kappa shape index (κ3) is 5.57. The molecule has 0 bridgehead atoms. The predicted octanol–water partition coefficient (Wildman–Crippen LogP) is 1.28. The van der Waals surface area contributed by atoms with Gasteiger partial charge in [-0.05, 0) is 12.8 Å². The van der Waals surface area contributed by atoms with Crippen LogP contribution in [0.1, 0.15) is 45.1 Å². The van der Waals surface area contributed by atoms with Crippen molar-refractivity contribution in [2.45, 2.75) is 39.5 Å².